The largest absolute Gasteiger partial charge is 0.464 e. The number of nitro benzene ring substituents is 1. The Labute approximate surface area is 189 Å². The van der Waals surface area contributed by atoms with E-state index in [0.717, 1.165) is 5.39 Å². The van der Waals surface area contributed by atoms with E-state index in [1.807, 2.05) is 18.2 Å². The Bertz CT molecular complexity index is 1190. The molecule has 0 saturated carbocycles. The van der Waals surface area contributed by atoms with Crippen molar-refractivity contribution in [2.75, 3.05) is 6.61 Å². The van der Waals surface area contributed by atoms with E-state index in [1.165, 1.54) is 31.2 Å². The van der Waals surface area contributed by atoms with Crippen LogP contribution in [0.25, 0.3) is 10.8 Å². The number of carbonyl (C=O) groups excluding carboxylic acids is 3. The first kappa shape index (κ1) is 23.4. The molecule has 2 amide bonds. The van der Waals surface area contributed by atoms with Crippen molar-refractivity contribution < 1.29 is 24.0 Å². The van der Waals surface area contributed by atoms with Crippen molar-refractivity contribution >= 4 is 34.2 Å². The van der Waals surface area contributed by atoms with Crippen LogP contribution in [0.4, 0.5) is 5.69 Å². The summed E-state index contributed by atoms with van der Waals surface area (Å²) in [6.45, 7) is 3.27. The standard InChI is InChI=1S/C24H23N3O6/c1-3-33-24(30)15(2)25-23(29)21(17-11-13-18(14-12-17)27(31)32)26-22(28)20-10-6-8-16-7-4-5-9-19(16)20/h4-15,21H,3H2,1-2H3,(H,25,29)(H,26,28)/t15?,21-/m0/s1. The van der Waals surface area contributed by atoms with Crippen LogP contribution in [0.1, 0.15) is 35.8 Å². The lowest BCUT2D eigenvalue weighted by molar-refractivity contribution is -0.384. The van der Waals surface area contributed by atoms with E-state index < -0.39 is 34.8 Å². The minimum atomic E-state index is -1.20. The molecule has 2 N–H and O–H groups in total. The van der Waals surface area contributed by atoms with Crippen molar-refractivity contribution in [1.29, 1.82) is 0 Å². The van der Waals surface area contributed by atoms with Gasteiger partial charge in [0.25, 0.3) is 11.6 Å². The Morgan fingerprint density at radius 3 is 2.30 bits per heavy atom. The third-order valence-corrected chi connectivity index (χ3v) is 5.01. The van der Waals surface area contributed by atoms with Crippen LogP contribution in [-0.2, 0) is 14.3 Å². The summed E-state index contributed by atoms with van der Waals surface area (Å²) in [5.74, 6) is -1.78. The molecule has 3 aromatic rings. The highest BCUT2D eigenvalue weighted by molar-refractivity contribution is 6.08. The van der Waals surface area contributed by atoms with Crippen LogP contribution in [0.5, 0.6) is 0 Å². The lowest BCUT2D eigenvalue weighted by Gasteiger charge is -2.21. The van der Waals surface area contributed by atoms with Crippen LogP contribution in [0.3, 0.4) is 0 Å². The normalized spacial score (nSPS) is 12.4. The number of non-ortho nitro benzene ring substituents is 1. The number of ether oxygens (including phenoxy) is 1. The van der Waals surface area contributed by atoms with Crippen LogP contribution < -0.4 is 10.6 Å². The predicted octanol–water partition coefficient (Wildman–Crippen LogP) is 3.29. The molecule has 0 aromatic heterocycles. The summed E-state index contributed by atoms with van der Waals surface area (Å²) >= 11 is 0. The molecular weight excluding hydrogens is 426 g/mol. The molecule has 0 aliphatic heterocycles. The summed E-state index contributed by atoms with van der Waals surface area (Å²) in [5.41, 5.74) is 0.534. The molecule has 0 aliphatic rings. The van der Waals surface area contributed by atoms with E-state index in [0.29, 0.717) is 16.5 Å². The second-order valence-corrected chi connectivity index (χ2v) is 7.26. The van der Waals surface area contributed by atoms with Gasteiger partial charge in [0, 0.05) is 17.7 Å². The van der Waals surface area contributed by atoms with Crippen molar-refractivity contribution in [3.8, 4) is 0 Å². The molecule has 0 radical (unpaired) electrons. The second-order valence-electron chi connectivity index (χ2n) is 7.26. The maximum Gasteiger partial charge on any atom is 0.328 e. The molecule has 33 heavy (non-hydrogen) atoms. The molecule has 9 nitrogen and oxygen atoms in total. The average Bonchev–Trinajstić information content (AvgIpc) is 2.82. The van der Waals surface area contributed by atoms with Gasteiger partial charge in [-0.15, -0.1) is 0 Å². The number of hydrogen-bond acceptors (Lipinski definition) is 6. The fourth-order valence-corrected chi connectivity index (χ4v) is 3.34. The first-order chi connectivity index (χ1) is 15.8. The van der Waals surface area contributed by atoms with Crippen molar-refractivity contribution in [3.05, 3.63) is 88.0 Å². The zero-order valence-electron chi connectivity index (χ0n) is 18.1. The third-order valence-electron chi connectivity index (χ3n) is 5.01. The monoisotopic (exact) mass is 449 g/mol. The zero-order chi connectivity index (χ0) is 24.0. The van der Waals surface area contributed by atoms with Gasteiger partial charge in [0.2, 0.25) is 5.91 Å². The van der Waals surface area contributed by atoms with Crippen molar-refractivity contribution in [3.63, 3.8) is 0 Å². The number of hydrogen-bond donors (Lipinski definition) is 2. The van der Waals surface area contributed by atoms with E-state index >= 15 is 0 Å². The molecule has 0 saturated heterocycles. The molecule has 0 spiro atoms. The lowest BCUT2D eigenvalue weighted by atomic mass is 10.0. The molecular formula is C24H23N3O6. The van der Waals surface area contributed by atoms with Crippen molar-refractivity contribution in [2.24, 2.45) is 0 Å². The number of nitrogens with zero attached hydrogens (tertiary/aromatic N) is 1. The molecule has 0 fully saturated rings. The number of amides is 2. The van der Waals surface area contributed by atoms with Crippen LogP contribution in [-0.4, -0.2) is 35.4 Å². The van der Waals surface area contributed by atoms with E-state index in [-0.39, 0.29) is 12.3 Å². The van der Waals surface area contributed by atoms with E-state index in [1.54, 1.807) is 31.2 Å². The van der Waals surface area contributed by atoms with Crippen molar-refractivity contribution in [1.82, 2.24) is 10.6 Å². The van der Waals surface area contributed by atoms with E-state index in [9.17, 15) is 24.5 Å². The van der Waals surface area contributed by atoms with Gasteiger partial charge < -0.3 is 15.4 Å². The summed E-state index contributed by atoms with van der Waals surface area (Å²) in [4.78, 5) is 48.6. The minimum absolute atomic E-state index is 0.154. The Kier molecular flexibility index (Phi) is 7.34. The smallest absolute Gasteiger partial charge is 0.328 e. The summed E-state index contributed by atoms with van der Waals surface area (Å²) in [6, 6.07) is 15.7. The van der Waals surface area contributed by atoms with E-state index in [2.05, 4.69) is 10.6 Å². The number of rotatable bonds is 8. The maximum atomic E-state index is 13.2. The number of fused-ring (bicyclic) bond motifs is 1. The lowest BCUT2D eigenvalue weighted by Crippen LogP contribution is -2.46. The highest BCUT2D eigenvalue weighted by Gasteiger charge is 2.27. The Hall–Kier alpha value is -4.27. The molecule has 2 atom stereocenters. The van der Waals surface area contributed by atoms with E-state index in [4.69, 9.17) is 4.74 Å². The Morgan fingerprint density at radius 1 is 0.970 bits per heavy atom. The number of nitro groups is 1. The van der Waals surface area contributed by atoms with Gasteiger partial charge in [-0.2, -0.15) is 0 Å². The number of esters is 1. The van der Waals surface area contributed by atoms with Crippen molar-refractivity contribution in [2.45, 2.75) is 25.9 Å². The molecule has 0 heterocycles. The quantitative estimate of drug-likeness (QED) is 0.309. The topological polar surface area (TPSA) is 128 Å². The van der Waals surface area contributed by atoms with Crippen LogP contribution in [0.15, 0.2) is 66.7 Å². The van der Waals surface area contributed by atoms with Crippen LogP contribution in [0, 0.1) is 10.1 Å². The first-order valence-corrected chi connectivity index (χ1v) is 10.3. The Morgan fingerprint density at radius 2 is 1.64 bits per heavy atom. The third kappa shape index (κ3) is 5.51. The zero-order valence-corrected chi connectivity index (χ0v) is 18.1. The van der Waals surface area contributed by atoms with Gasteiger partial charge in [-0.1, -0.05) is 36.4 Å². The van der Waals surface area contributed by atoms with Crippen LogP contribution >= 0.6 is 0 Å². The molecule has 0 bridgehead atoms. The van der Waals surface area contributed by atoms with Gasteiger partial charge in [-0.25, -0.2) is 4.79 Å². The first-order valence-electron chi connectivity index (χ1n) is 10.3. The van der Waals surface area contributed by atoms with Gasteiger partial charge in [0.1, 0.15) is 12.1 Å². The minimum Gasteiger partial charge on any atom is -0.464 e. The maximum absolute atomic E-state index is 13.2. The van der Waals surface area contributed by atoms with Gasteiger partial charge in [0.05, 0.1) is 11.5 Å². The van der Waals surface area contributed by atoms with Crippen LogP contribution in [0.2, 0.25) is 0 Å². The fraction of sp³-hybridized carbons (Fsp3) is 0.208. The molecule has 170 valence electrons. The highest BCUT2D eigenvalue weighted by atomic mass is 16.6. The highest BCUT2D eigenvalue weighted by Crippen LogP contribution is 2.22. The molecule has 0 aliphatic carbocycles. The molecule has 3 aromatic carbocycles. The average molecular weight is 449 g/mol. The van der Waals surface area contributed by atoms with Gasteiger partial charge >= 0.3 is 5.97 Å². The van der Waals surface area contributed by atoms with Gasteiger partial charge in [0.15, 0.2) is 0 Å². The second kappa shape index (κ2) is 10.4. The van der Waals surface area contributed by atoms with Gasteiger partial charge in [-0.3, -0.25) is 19.7 Å². The summed E-state index contributed by atoms with van der Waals surface area (Å²) in [6.07, 6.45) is 0. The SMILES string of the molecule is CCOC(=O)C(C)NC(=O)[C@@H](NC(=O)c1cccc2ccccc12)c1ccc([N+](=O)[O-])cc1. The Balaban J connectivity index is 1.92. The summed E-state index contributed by atoms with van der Waals surface area (Å²) in [5, 5.41) is 17.8. The predicted molar refractivity (Wildman–Crippen MR) is 121 cm³/mol. The number of benzene rings is 3. The summed E-state index contributed by atoms with van der Waals surface area (Å²) in [7, 11) is 0. The number of nitrogens with one attached hydrogen (secondary N) is 2. The molecule has 3 rings (SSSR count). The fourth-order valence-electron chi connectivity index (χ4n) is 3.34. The number of carbonyl (C=O) groups is 3. The molecule has 9 heteroatoms. The summed E-state index contributed by atoms with van der Waals surface area (Å²) < 4.78 is 4.91. The van der Waals surface area contributed by atoms with Gasteiger partial charge in [-0.05, 0) is 48.4 Å². The molecule has 1 unspecified atom stereocenters.